The highest BCUT2D eigenvalue weighted by atomic mass is 16.5. The van der Waals surface area contributed by atoms with E-state index in [0.717, 1.165) is 57.8 Å². The fraction of sp³-hybridized carbons (Fsp3) is 0.852. The zero-order chi connectivity index (χ0) is 62.8. The molecule has 6 nitrogen and oxygen atoms in total. The van der Waals surface area contributed by atoms with Gasteiger partial charge in [0, 0.05) is 12.8 Å². The molecule has 0 fully saturated rings. The zero-order valence-electron chi connectivity index (χ0n) is 58.5. The molecule has 0 bridgehead atoms. The smallest absolute Gasteiger partial charge is 0.305 e. The normalized spacial score (nSPS) is 12.8. The number of aliphatic hydroxyl groups excluding tert-OH is 2. The van der Waals surface area contributed by atoms with Crippen molar-refractivity contribution in [3.63, 3.8) is 0 Å². The van der Waals surface area contributed by atoms with Gasteiger partial charge in [-0.15, -0.1) is 0 Å². The second-order valence-electron chi connectivity index (χ2n) is 26.7. The Hall–Kier alpha value is -2.44. The molecule has 0 aromatic carbocycles. The number of carbonyl (C=O) groups is 2. The molecule has 0 rings (SSSR count). The van der Waals surface area contributed by atoms with Crippen LogP contribution in [0.4, 0.5) is 0 Å². The van der Waals surface area contributed by atoms with Crippen LogP contribution in [0.1, 0.15) is 418 Å². The molecule has 0 aliphatic carbocycles. The summed E-state index contributed by atoms with van der Waals surface area (Å²) in [5.41, 5.74) is 0. The van der Waals surface area contributed by atoms with Crippen LogP contribution in [0.3, 0.4) is 0 Å². The Labute approximate surface area is 543 Å². The number of esters is 1. The largest absolute Gasteiger partial charge is 0.466 e. The Morgan fingerprint density at radius 2 is 0.575 bits per heavy atom. The first-order valence-electron chi connectivity index (χ1n) is 39.1. The van der Waals surface area contributed by atoms with Crippen molar-refractivity contribution in [1.29, 1.82) is 0 Å². The van der Waals surface area contributed by atoms with Gasteiger partial charge in [-0.05, 0) is 96.3 Å². The molecule has 0 aliphatic rings. The summed E-state index contributed by atoms with van der Waals surface area (Å²) in [4.78, 5) is 24.7. The summed E-state index contributed by atoms with van der Waals surface area (Å²) in [6.45, 7) is 4.91. The summed E-state index contributed by atoms with van der Waals surface area (Å²) in [5.74, 6) is -0.0572. The van der Waals surface area contributed by atoms with Crippen LogP contribution in [-0.4, -0.2) is 47.4 Å². The lowest BCUT2D eigenvalue weighted by Gasteiger charge is -2.20. The van der Waals surface area contributed by atoms with E-state index in [1.807, 2.05) is 6.08 Å². The van der Waals surface area contributed by atoms with E-state index in [1.54, 1.807) is 6.08 Å². The second-order valence-corrected chi connectivity index (χ2v) is 26.7. The predicted octanol–water partition coefficient (Wildman–Crippen LogP) is 25.8. The van der Waals surface area contributed by atoms with Crippen LogP contribution in [0.5, 0.6) is 0 Å². The standard InChI is InChI=1S/C81H151NO5/c1-3-5-7-9-11-13-15-17-19-21-23-24-34-38-41-45-49-53-57-61-65-69-73-79(84)78(77-83)82-80(85)74-70-66-62-58-54-50-46-42-39-35-32-30-28-26-25-27-29-31-33-36-40-44-48-52-56-60-64-68-72-76-87-81(86)75-71-67-63-59-55-51-47-43-37-22-20-18-16-14-12-10-8-6-4-2/h12,14,18,20,25,27,31,33,69,73,78-79,83-84H,3-11,13,15-17,19,21-24,26,28-30,32,34-68,70-72,74-77H2,1-2H3,(H,82,85)/b14-12-,20-18-,27-25-,33-31-,73-69+. The molecule has 2 atom stereocenters. The van der Waals surface area contributed by atoms with Crippen molar-refractivity contribution in [2.45, 2.75) is 431 Å². The van der Waals surface area contributed by atoms with Crippen LogP contribution >= 0.6 is 0 Å². The number of hydrogen-bond donors (Lipinski definition) is 3. The van der Waals surface area contributed by atoms with Crippen molar-refractivity contribution in [2.24, 2.45) is 0 Å². The average molecular weight is 1220 g/mol. The van der Waals surface area contributed by atoms with E-state index in [1.165, 1.54) is 334 Å². The summed E-state index contributed by atoms with van der Waals surface area (Å²) in [6, 6.07) is -0.631. The van der Waals surface area contributed by atoms with Gasteiger partial charge in [0.1, 0.15) is 0 Å². The molecule has 6 heteroatoms. The van der Waals surface area contributed by atoms with Crippen molar-refractivity contribution < 1.29 is 24.5 Å². The van der Waals surface area contributed by atoms with Crippen molar-refractivity contribution in [3.8, 4) is 0 Å². The van der Waals surface area contributed by atoms with Crippen molar-refractivity contribution >= 4 is 11.9 Å². The van der Waals surface area contributed by atoms with Gasteiger partial charge in [0.2, 0.25) is 5.91 Å². The van der Waals surface area contributed by atoms with Gasteiger partial charge in [-0.1, -0.05) is 370 Å². The van der Waals surface area contributed by atoms with Crippen LogP contribution in [0.15, 0.2) is 60.8 Å². The number of allylic oxidation sites excluding steroid dienone is 9. The monoisotopic (exact) mass is 1220 g/mol. The van der Waals surface area contributed by atoms with Crippen molar-refractivity contribution in [1.82, 2.24) is 5.32 Å². The highest BCUT2D eigenvalue weighted by Gasteiger charge is 2.18. The van der Waals surface area contributed by atoms with Gasteiger partial charge < -0.3 is 20.3 Å². The summed E-state index contributed by atoms with van der Waals surface area (Å²) in [7, 11) is 0. The maximum absolute atomic E-state index is 12.5. The Bertz CT molecular complexity index is 1500. The molecule has 3 N–H and O–H groups in total. The third-order valence-corrected chi connectivity index (χ3v) is 18.0. The minimum Gasteiger partial charge on any atom is -0.466 e. The molecule has 0 saturated carbocycles. The Morgan fingerprint density at radius 3 is 0.897 bits per heavy atom. The number of hydrogen-bond acceptors (Lipinski definition) is 5. The van der Waals surface area contributed by atoms with Crippen molar-refractivity contribution in [3.05, 3.63) is 60.8 Å². The van der Waals surface area contributed by atoms with Gasteiger partial charge in [0.25, 0.3) is 0 Å². The van der Waals surface area contributed by atoms with Gasteiger partial charge in [-0.3, -0.25) is 9.59 Å². The summed E-state index contributed by atoms with van der Waals surface area (Å²) in [5, 5.41) is 23.3. The number of unbranched alkanes of at least 4 members (excludes halogenated alkanes) is 54. The predicted molar refractivity (Wildman–Crippen MR) is 384 cm³/mol. The van der Waals surface area contributed by atoms with E-state index in [0.29, 0.717) is 19.4 Å². The Balaban J connectivity index is 3.42. The molecular formula is C81H151NO5. The van der Waals surface area contributed by atoms with Gasteiger partial charge >= 0.3 is 5.97 Å². The van der Waals surface area contributed by atoms with E-state index < -0.39 is 12.1 Å². The topological polar surface area (TPSA) is 95.9 Å². The molecule has 0 heterocycles. The van der Waals surface area contributed by atoms with Crippen LogP contribution in [0.25, 0.3) is 0 Å². The number of rotatable bonds is 73. The Morgan fingerprint density at radius 1 is 0.322 bits per heavy atom. The lowest BCUT2D eigenvalue weighted by Crippen LogP contribution is -2.45. The average Bonchev–Trinajstić information content (AvgIpc) is 3.52. The number of carbonyl (C=O) groups excluding carboxylic acids is 2. The molecule has 0 aliphatic heterocycles. The third kappa shape index (κ3) is 72.5. The molecule has 87 heavy (non-hydrogen) atoms. The number of nitrogens with one attached hydrogen (secondary N) is 1. The van der Waals surface area contributed by atoms with Crippen LogP contribution in [-0.2, 0) is 14.3 Å². The molecular weight excluding hydrogens is 1070 g/mol. The SMILES string of the molecule is CCCCC/C=C\C/C=C\CCCCCCCCCCCC(=O)OCCCCCCCCCCC/C=C\C/C=C\CCCCCCCCCCCCCCCC(=O)NC(CO)C(O)/C=C/CCCCCCCCCCCCCCCCCCCCCC. The van der Waals surface area contributed by atoms with E-state index in [9.17, 15) is 19.8 Å². The van der Waals surface area contributed by atoms with Gasteiger partial charge in [-0.25, -0.2) is 0 Å². The molecule has 1 amide bonds. The van der Waals surface area contributed by atoms with E-state index in [2.05, 4.69) is 67.8 Å². The first kappa shape index (κ1) is 84.6. The highest BCUT2D eigenvalue weighted by molar-refractivity contribution is 5.76. The third-order valence-electron chi connectivity index (χ3n) is 18.0. The maximum Gasteiger partial charge on any atom is 0.305 e. The number of amides is 1. The van der Waals surface area contributed by atoms with Crippen LogP contribution in [0.2, 0.25) is 0 Å². The zero-order valence-corrected chi connectivity index (χ0v) is 58.5. The van der Waals surface area contributed by atoms with Gasteiger partial charge in [0.05, 0.1) is 25.4 Å². The molecule has 0 saturated heterocycles. The minimum absolute atomic E-state index is 0.00817. The number of ether oxygens (including phenoxy) is 1. The second kappa shape index (κ2) is 76.0. The lowest BCUT2D eigenvalue weighted by atomic mass is 10.0. The van der Waals surface area contributed by atoms with Crippen LogP contribution < -0.4 is 5.32 Å². The molecule has 0 aromatic rings. The molecule has 0 radical (unpaired) electrons. The number of aliphatic hydroxyl groups is 2. The first-order chi connectivity index (χ1) is 43.0. The fourth-order valence-corrected chi connectivity index (χ4v) is 12.1. The first-order valence-corrected chi connectivity index (χ1v) is 39.1. The quantitative estimate of drug-likeness (QED) is 0.0320. The maximum atomic E-state index is 12.5. The molecule has 510 valence electrons. The molecule has 2 unspecified atom stereocenters. The summed E-state index contributed by atoms with van der Waals surface area (Å²) >= 11 is 0. The summed E-state index contributed by atoms with van der Waals surface area (Å²) in [6.07, 6.45) is 102. The van der Waals surface area contributed by atoms with E-state index in [-0.39, 0.29) is 18.5 Å². The highest BCUT2D eigenvalue weighted by Crippen LogP contribution is 2.19. The van der Waals surface area contributed by atoms with Gasteiger partial charge in [0.15, 0.2) is 0 Å². The van der Waals surface area contributed by atoms with E-state index >= 15 is 0 Å². The van der Waals surface area contributed by atoms with Crippen molar-refractivity contribution in [2.75, 3.05) is 13.2 Å². The molecule has 0 spiro atoms. The lowest BCUT2D eigenvalue weighted by molar-refractivity contribution is -0.143. The van der Waals surface area contributed by atoms with E-state index in [4.69, 9.17) is 4.74 Å². The molecule has 0 aromatic heterocycles. The fourth-order valence-electron chi connectivity index (χ4n) is 12.1. The Kier molecular flexibility index (Phi) is 73.9. The van der Waals surface area contributed by atoms with Gasteiger partial charge in [-0.2, -0.15) is 0 Å². The van der Waals surface area contributed by atoms with Crippen LogP contribution in [0, 0.1) is 0 Å². The minimum atomic E-state index is -0.848. The summed E-state index contributed by atoms with van der Waals surface area (Å²) < 4.78 is 5.51.